The van der Waals surface area contributed by atoms with Crippen molar-refractivity contribution in [1.29, 1.82) is 5.26 Å². The molecule has 1 aromatic rings. The summed E-state index contributed by atoms with van der Waals surface area (Å²) < 4.78 is 27.2. The van der Waals surface area contributed by atoms with Crippen molar-refractivity contribution < 1.29 is 8.42 Å². The molecule has 112 valence electrons. The van der Waals surface area contributed by atoms with E-state index >= 15 is 0 Å². The molecule has 2 fully saturated rings. The maximum atomic E-state index is 12.8. The Hall–Kier alpha value is -1.42. The largest absolute Gasteiger partial charge is 0.312 e. The Morgan fingerprint density at radius 2 is 2.19 bits per heavy atom. The molecule has 0 amide bonds. The van der Waals surface area contributed by atoms with Crippen LogP contribution in [0.4, 0.5) is 0 Å². The molecule has 0 unspecified atom stereocenters. The molecule has 1 aromatic carbocycles. The van der Waals surface area contributed by atoms with Crippen molar-refractivity contribution in [1.82, 2.24) is 9.62 Å². The van der Waals surface area contributed by atoms with Crippen LogP contribution in [0.1, 0.15) is 24.0 Å². The summed E-state index contributed by atoms with van der Waals surface area (Å²) in [7, 11) is -3.47. The Kier molecular flexibility index (Phi) is 3.74. The molecular weight excluding hydrogens is 286 g/mol. The second kappa shape index (κ2) is 5.41. The molecule has 0 bridgehead atoms. The van der Waals surface area contributed by atoms with Gasteiger partial charge in [-0.15, -0.1) is 0 Å². The van der Waals surface area contributed by atoms with Gasteiger partial charge >= 0.3 is 0 Å². The first-order valence-electron chi connectivity index (χ1n) is 7.26. The average molecular weight is 305 g/mol. The highest BCUT2D eigenvalue weighted by Crippen LogP contribution is 2.30. The molecule has 0 spiro atoms. The molecule has 6 heteroatoms. The smallest absolute Gasteiger partial charge is 0.243 e. The number of hydrogen-bond acceptors (Lipinski definition) is 4. The highest BCUT2D eigenvalue weighted by Gasteiger charge is 2.40. The van der Waals surface area contributed by atoms with Gasteiger partial charge in [0.2, 0.25) is 10.0 Å². The van der Waals surface area contributed by atoms with Crippen molar-refractivity contribution >= 4 is 10.0 Å². The first-order chi connectivity index (χ1) is 10.0. The standard InChI is InChI=1S/C15H19N3O2S/c1-11-7-12(8-16)4-5-15(11)21(19,20)18-9-13-3-2-6-17-14(13)10-18/h4-5,7,13-14,17H,2-3,6,9-10H2,1H3/t13-,14+/m0/s1. The zero-order valence-electron chi connectivity index (χ0n) is 12.0. The minimum atomic E-state index is -3.47. The van der Waals surface area contributed by atoms with Gasteiger partial charge in [0.05, 0.1) is 16.5 Å². The van der Waals surface area contributed by atoms with Gasteiger partial charge in [0.1, 0.15) is 0 Å². The third-order valence-electron chi connectivity index (χ3n) is 4.49. The van der Waals surface area contributed by atoms with Gasteiger partial charge in [-0.2, -0.15) is 9.57 Å². The highest BCUT2D eigenvalue weighted by molar-refractivity contribution is 7.89. The summed E-state index contributed by atoms with van der Waals surface area (Å²) in [5, 5.41) is 12.3. The van der Waals surface area contributed by atoms with Gasteiger partial charge in [-0.25, -0.2) is 8.42 Å². The van der Waals surface area contributed by atoms with Crippen LogP contribution in [0, 0.1) is 24.2 Å². The van der Waals surface area contributed by atoms with Crippen LogP contribution in [0.5, 0.6) is 0 Å². The number of rotatable bonds is 2. The van der Waals surface area contributed by atoms with Gasteiger partial charge in [-0.3, -0.25) is 0 Å². The zero-order chi connectivity index (χ0) is 15.0. The molecule has 0 radical (unpaired) electrons. The topological polar surface area (TPSA) is 73.2 Å². The lowest BCUT2D eigenvalue weighted by Crippen LogP contribution is -2.41. The monoisotopic (exact) mass is 305 g/mol. The Labute approximate surface area is 125 Å². The predicted molar refractivity (Wildman–Crippen MR) is 79.2 cm³/mol. The molecule has 2 aliphatic heterocycles. The van der Waals surface area contributed by atoms with Gasteiger partial charge < -0.3 is 5.32 Å². The number of benzene rings is 1. The first kappa shape index (κ1) is 14.5. The van der Waals surface area contributed by atoms with Crippen LogP contribution in [0.3, 0.4) is 0 Å². The van der Waals surface area contributed by atoms with E-state index in [0.29, 0.717) is 35.0 Å². The summed E-state index contributed by atoms with van der Waals surface area (Å²) in [6.07, 6.45) is 2.21. The fourth-order valence-corrected chi connectivity index (χ4v) is 5.08. The number of sulfonamides is 1. The maximum absolute atomic E-state index is 12.8. The number of piperidine rings is 1. The SMILES string of the molecule is Cc1cc(C#N)ccc1S(=O)(=O)N1C[C@@H]2CCCN[C@@H]2C1. The summed E-state index contributed by atoms with van der Waals surface area (Å²) in [6.45, 7) is 3.87. The van der Waals surface area contributed by atoms with Crippen molar-refractivity contribution in [2.24, 2.45) is 5.92 Å². The number of hydrogen-bond donors (Lipinski definition) is 1. The Balaban J connectivity index is 1.89. The lowest BCUT2D eigenvalue weighted by molar-refractivity contribution is 0.339. The number of nitrogens with one attached hydrogen (secondary N) is 1. The third kappa shape index (κ3) is 2.57. The number of nitrogens with zero attached hydrogens (tertiary/aromatic N) is 2. The van der Waals surface area contributed by atoms with Crippen molar-refractivity contribution in [3.63, 3.8) is 0 Å². The Morgan fingerprint density at radius 3 is 2.86 bits per heavy atom. The summed E-state index contributed by atoms with van der Waals surface area (Å²) in [5.41, 5.74) is 1.13. The molecule has 1 N–H and O–H groups in total. The van der Waals surface area contributed by atoms with E-state index in [4.69, 9.17) is 5.26 Å². The molecule has 0 aliphatic carbocycles. The van der Waals surface area contributed by atoms with Crippen LogP contribution < -0.4 is 5.32 Å². The molecule has 2 atom stereocenters. The third-order valence-corrected chi connectivity index (χ3v) is 6.48. The summed E-state index contributed by atoms with van der Waals surface area (Å²) in [6, 6.07) is 7.08. The van der Waals surface area contributed by atoms with Gasteiger partial charge in [-0.1, -0.05) is 0 Å². The fourth-order valence-electron chi connectivity index (χ4n) is 3.35. The van der Waals surface area contributed by atoms with E-state index < -0.39 is 10.0 Å². The average Bonchev–Trinajstić information content (AvgIpc) is 2.91. The molecule has 2 aliphatic rings. The van der Waals surface area contributed by atoms with Crippen LogP contribution >= 0.6 is 0 Å². The minimum Gasteiger partial charge on any atom is -0.312 e. The molecule has 3 rings (SSSR count). The van der Waals surface area contributed by atoms with E-state index in [1.165, 1.54) is 0 Å². The van der Waals surface area contributed by atoms with E-state index in [9.17, 15) is 8.42 Å². The maximum Gasteiger partial charge on any atom is 0.243 e. The van der Waals surface area contributed by atoms with Crippen molar-refractivity contribution in [2.45, 2.75) is 30.7 Å². The van der Waals surface area contributed by atoms with Crippen LogP contribution in [-0.4, -0.2) is 38.4 Å². The van der Waals surface area contributed by atoms with Gasteiger partial charge in [0.15, 0.2) is 0 Å². The van der Waals surface area contributed by atoms with Gasteiger partial charge in [-0.05, 0) is 56.0 Å². The number of nitriles is 1. The Bertz CT molecular complexity index is 679. The summed E-state index contributed by atoms with van der Waals surface area (Å²) >= 11 is 0. The Morgan fingerprint density at radius 1 is 1.38 bits per heavy atom. The van der Waals surface area contributed by atoms with Crippen molar-refractivity contribution in [3.05, 3.63) is 29.3 Å². The molecule has 5 nitrogen and oxygen atoms in total. The van der Waals surface area contributed by atoms with Crippen LogP contribution in [0.25, 0.3) is 0 Å². The molecule has 0 saturated carbocycles. The van der Waals surface area contributed by atoms with Crippen LogP contribution in [0.15, 0.2) is 23.1 Å². The molecule has 2 saturated heterocycles. The number of aryl methyl sites for hydroxylation is 1. The normalized spacial score (nSPS) is 26.3. The van der Waals surface area contributed by atoms with Crippen molar-refractivity contribution in [3.8, 4) is 6.07 Å². The minimum absolute atomic E-state index is 0.284. The molecule has 21 heavy (non-hydrogen) atoms. The van der Waals surface area contributed by atoms with E-state index in [1.54, 1.807) is 29.4 Å². The van der Waals surface area contributed by atoms with E-state index in [0.717, 1.165) is 19.4 Å². The van der Waals surface area contributed by atoms with E-state index in [-0.39, 0.29) is 6.04 Å². The predicted octanol–water partition coefficient (Wildman–Crippen LogP) is 1.24. The number of fused-ring (bicyclic) bond motifs is 1. The van der Waals surface area contributed by atoms with Gasteiger partial charge in [0, 0.05) is 19.1 Å². The van der Waals surface area contributed by atoms with Gasteiger partial charge in [0.25, 0.3) is 0 Å². The lowest BCUT2D eigenvalue weighted by atomic mass is 9.94. The quantitative estimate of drug-likeness (QED) is 0.892. The van der Waals surface area contributed by atoms with E-state index in [2.05, 4.69) is 5.32 Å². The summed E-state index contributed by atoms with van der Waals surface area (Å²) in [4.78, 5) is 0.320. The summed E-state index contributed by atoms with van der Waals surface area (Å²) in [5.74, 6) is 0.423. The second-order valence-electron chi connectivity index (χ2n) is 5.88. The van der Waals surface area contributed by atoms with Crippen LogP contribution in [-0.2, 0) is 10.0 Å². The second-order valence-corrected chi connectivity index (χ2v) is 7.78. The van der Waals surface area contributed by atoms with Crippen LogP contribution in [0.2, 0.25) is 0 Å². The zero-order valence-corrected chi connectivity index (χ0v) is 12.9. The lowest BCUT2D eigenvalue weighted by Gasteiger charge is -2.24. The van der Waals surface area contributed by atoms with Crippen molar-refractivity contribution in [2.75, 3.05) is 19.6 Å². The first-order valence-corrected chi connectivity index (χ1v) is 8.70. The highest BCUT2D eigenvalue weighted by atomic mass is 32.2. The fraction of sp³-hybridized carbons (Fsp3) is 0.533. The van der Waals surface area contributed by atoms with E-state index in [1.807, 2.05) is 6.07 Å². The molecular formula is C15H19N3O2S. The molecule has 0 aromatic heterocycles. The molecule has 2 heterocycles.